The molecule has 0 radical (unpaired) electrons. The summed E-state index contributed by atoms with van der Waals surface area (Å²) in [7, 11) is -3.58. The van der Waals surface area contributed by atoms with E-state index in [4.69, 9.17) is 0 Å². The molecule has 0 bridgehead atoms. The van der Waals surface area contributed by atoms with Gasteiger partial charge in [-0.25, -0.2) is 27.8 Å². The van der Waals surface area contributed by atoms with Gasteiger partial charge >= 0.3 is 0 Å². The normalized spacial score (nSPS) is 11.8. The first-order chi connectivity index (χ1) is 12.9. The second kappa shape index (κ2) is 8.01. The van der Waals surface area contributed by atoms with E-state index in [1.54, 1.807) is 23.9 Å². The van der Waals surface area contributed by atoms with Crippen molar-refractivity contribution in [1.29, 1.82) is 0 Å². The van der Waals surface area contributed by atoms with Gasteiger partial charge in [0.2, 0.25) is 10.0 Å². The van der Waals surface area contributed by atoms with Crippen LogP contribution in [-0.4, -0.2) is 41.3 Å². The minimum atomic E-state index is -3.58. The largest absolute Gasteiger partial charge is 0.369 e. The first-order valence-electron chi connectivity index (χ1n) is 8.89. The average molecular weight is 388 g/mol. The van der Waals surface area contributed by atoms with Crippen LogP contribution in [0.25, 0.3) is 11.0 Å². The molecule has 0 aliphatic carbocycles. The van der Waals surface area contributed by atoms with E-state index < -0.39 is 10.0 Å². The molecule has 3 rings (SSSR count). The van der Waals surface area contributed by atoms with Gasteiger partial charge in [0.15, 0.2) is 5.65 Å². The van der Waals surface area contributed by atoms with Crippen molar-refractivity contribution in [3.05, 3.63) is 41.9 Å². The zero-order chi connectivity index (χ0) is 19.4. The Morgan fingerprint density at radius 1 is 1.15 bits per heavy atom. The number of hydrogen-bond acceptors (Lipinski definition) is 6. The Kier molecular flexibility index (Phi) is 5.71. The van der Waals surface area contributed by atoms with E-state index in [9.17, 15) is 8.42 Å². The van der Waals surface area contributed by atoms with E-state index in [-0.39, 0.29) is 6.54 Å². The van der Waals surface area contributed by atoms with Crippen LogP contribution in [0, 0.1) is 13.8 Å². The lowest BCUT2D eigenvalue weighted by atomic mass is 10.2. The number of hydrogen-bond donors (Lipinski definition) is 2. The smallest absolute Gasteiger partial charge is 0.240 e. The van der Waals surface area contributed by atoms with Gasteiger partial charge in [0, 0.05) is 13.1 Å². The van der Waals surface area contributed by atoms with Crippen LogP contribution < -0.4 is 10.0 Å². The molecule has 3 aromatic rings. The van der Waals surface area contributed by atoms with Crippen molar-refractivity contribution in [3.8, 4) is 0 Å². The number of nitrogens with one attached hydrogen (secondary N) is 2. The molecule has 0 spiro atoms. The third-order valence-corrected chi connectivity index (χ3v) is 5.83. The van der Waals surface area contributed by atoms with E-state index in [0.29, 0.717) is 17.1 Å². The van der Waals surface area contributed by atoms with E-state index in [2.05, 4.69) is 32.0 Å². The van der Waals surface area contributed by atoms with Gasteiger partial charge in [-0.1, -0.05) is 19.1 Å². The molecular formula is C18H24N6O2S. The summed E-state index contributed by atoms with van der Waals surface area (Å²) < 4.78 is 29.5. The van der Waals surface area contributed by atoms with Gasteiger partial charge in [0.1, 0.15) is 12.1 Å². The van der Waals surface area contributed by atoms with Crippen molar-refractivity contribution in [3.63, 3.8) is 0 Å². The Hall–Kier alpha value is -2.52. The summed E-state index contributed by atoms with van der Waals surface area (Å²) in [5, 5.41) is 8.40. The SMILES string of the molecule is CCCNc1ncnc2c1cnn2CCNS(=O)(=O)c1cc(C)ccc1C. The average Bonchev–Trinajstić information content (AvgIpc) is 3.05. The fraction of sp³-hybridized carbons (Fsp3) is 0.389. The number of benzene rings is 1. The fourth-order valence-corrected chi connectivity index (χ4v) is 4.15. The maximum absolute atomic E-state index is 12.6. The van der Waals surface area contributed by atoms with E-state index in [1.165, 1.54) is 6.33 Å². The lowest BCUT2D eigenvalue weighted by Crippen LogP contribution is -2.28. The van der Waals surface area contributed by atoms with Gasteiger partial charge in [0.05, 0.1) is 23.0 Å². The van der Waals surface area contributed by atoms with Crippen LogP contribution in [0.2, 0.25) is 0 Å². The molecule has 27 heavy (non-hydrogen) atoms. The molecule has 0 aliphatic heterocycles. The zero-order valence-electron chi connectivity index (χ0n) is 15.7. The highest BCUT2D eigenvalue weighted by Gasteiger charge is 2.17. The summed E-state index contributed by atoms with van der Waals surface area (Å²) in [6.07, 6.45) is 4.17. The number of aromatic nitrogens is 4. The van der Waals surface area contributed by atoms with E-state index in [1.807, 2.05) is 19.1 Å². The predicted octanol–water partition coefficient (Wildman–Crippen LogP) is 2.24. The lowest BCUT2D eigenvalue weighted by Gasteiger charge is -2.10. The highest BCUT2D eigenvalue weighted by atomic mass is 32.2. The Morgan fingerprint density at radius 3 is 2.74 bits per heavy atom. The van der Waals surface area contributed by atoms with Crippen LogP contribution in [0.5, 0.6) is 0 Å². The predicted molar refractivity (Wildman–Crippen MR) is 105 cm³/mol. The first-order valence-corrected chi connectivity index (χ1v) is 10.4. The van der Waals surface area contributed by atoms with Crippen LogP contribution in [0.3, 0.4) is 0 Å². The highest BCUT2D eigenvalue weighted by molar-refractivity contribution is 7.89. The third-order valence-electron chi connectivity index (χ3n) is 4.22. The monoisotopic (exact) mass is 388 g/mol. The maximum atomic E-state index is 12.6. The van der Waals surface area contributed by atoms with E-state index >= 15 is 0 Å². The van der Waals surface area contributed by atoms with Gasteiger partial charge in [-0.15, -0.1) is 0 Å². The number of rotatable bonds is 8. The van der Waals surface area contributed by atoms with Crippen molar-refractivity contribution in [2.75, 3.05) is 18.4 Å². The summed E-state index contributed by atoms with van der Waals surface area (Å²) in [5.41, 5.74) is 2.30. The van der Waals surface area contributed by atoms with Crippen LogP contribution in [0.1, 0.15) is 24.5 Å². The van der Waals surface area contributed by atoms with Crippen molar-refractivity contribution in [2.45, 2.75) is 38.6 Å². The summed E-state index contributed by atoms with van der Waals surface area (Å²) in [6, 6.07) is 5.39. The van der Waals surface area contributed by atoms with Crippen molar-refractivity contribution >= 4 is 26.9 Å². The second-order valence-electron chi connectivity index (χ2n) is 6.42. The number of anilines is 1. The van der Waals surface area contributed by atoms with Crippen LogP contribution in [0.4, 0.5) is 5.82 Å². The Balaban J connectivity index is 1.73. The maximum Gasteiger partial charge on any atom is 0.240 e. The molecule has 0 saturated carbocycles. The molecule has 0 unspecified atom stereocenters. The molecule has 0 aliphatic rings. The summed E-state index contributed by atoms with van der Waals surface area (Å²) in [6.45, 7) is 7.14. The minimum Gasteiger partial charge on any atom is -0.369 e. The highest BCUT2D eigenvalue weighted by Crippen LogP contribution is 2.19. The number of aryl methyl sites for hydroxylation is 2. The molecule has 0 fully saturated rings. The summed E-state index contributed by atoms with van der Waals surface area (Å²) in [5.74, 6) is 0.740. The molecule has 0 amide bonds. The second-order valence-corrected chi connectivity index (χ2v) is 8.16. The van der Waals surface area contributed by atoms with Gasteiger partial charge in [-0.2, -0.15) is 5.10 Å². The van der Waals surface area contributed by atoms with Crippen molar-refractivity contribution < 1.29 is 8.42 Å². The van der Waals surface area contributed by atoms with Gasteiger partial charge in [-0.05, 0) is 37.5 Å². The number of nitrogens with zero attached hydrogens (tertiary/aromatic N) is 4. The topological polar surface area (TPSA) is 102 Å². The molecule has 144 valence electrons. The molecule has 9 heteroatoms. The molecule has 0 atom stereocenters. The molecule has 2 heterocycles. The van der Waals surface area contributed by atoms with Gasteiger partial charge < -0.3 is 5.32 Å². The fourth-order valence-electron chi connectivity index (χ4n) is 2.80. The first kappa shape index (κ1) is 19.2. The molecular weight excluding hydrogens is 364 g/mol. The van der Waals surface area contributed by atoms with Crippen molar-refractivity contribution in [2.24, 2.45) is 0 Å². The quantitative estimate of drug-likeness (QED) is 0.614. The van der Waals surface area contributed by atoms with Gasteiger partial charge in [-0.3, -0.25) is 0 Å². The number of sulfonamides is 1. The van der Waals surface area contributed by atoms with E-state index in [0.717, 1.165) is 35.3 Å². The van der Waals surface area contributed by atoms with Crippen molar-refractivity contribution in [1.82, 2.24) is 24.5 Å². The Labute approximate surface area is 159 Å². The summed E-state index contributed by atoms with van der Waals surface area (Å²) >= 11 is 0. The minimum absolute atomic E-state index is 0.216. The van der Waals surface area contributed by atoms with Crippen LogP contribution >= 0.6 is 0 Å². The standard InChI is InChI=1S/C18H24N6O2S/c1-4-7-19-17-15-11-22-24(18(15)21-12-20-17)9-8-23-27(25,26)16-10-13(2)5-6-14(16)3/h5-6,10-12,23H,4,7-9H2,1-3H3,(H,19,20,21). The van der Waals surface area contributed by atoms with Gasteiger partial charge in [0.25, 0.3) is 0 Å². The molecule has 2 aromatic heterocycles. The number of fused-ring (bicyclic) bond motifs is 1. The third kappa shape index (κ3) is 4.25. The molecule has 2 N–H and O–H groups in total. The lowest BCUT2D eigenvalue weighted by molar-refractivity contribution is 0.564. The van der Waals surface area contributed by atoms with Crippen LogP contribution in [0.15, 0.2) is 35.6 Å². The zero-order valence-corrected chi connectivity index (χ0v) is 16.5. The van der Waals surface area contributed by atoms with Crippen LogP contribution in [-0.2, 0) is 16.6 Å². The Bertz CT molecular complexity index is 1050. The molecule has 0 saturated heterocycles. The molecule has 8 nitrogen and oxygen atoms in total. The molecule has 1 aromatic carbocycles. The summed E-state index contributed by atoms with van der Waals surface area (Å²) in [4.78, 5) is 8.84. The Morgan fingerprint density at radius 2 is 1.96 bits per heavy atom.